The van der Waals surface area contributed by atoms with Gasteiger partial charge in [-0.1, -0.05) is 54.9 Å². The third kappa shape index (κ3) is 10.1. The van der Waals surface area contributed by atoms with E-state index < -0.39 is 11.5 Å². The van der Waals surface area contributed by atoms with Gasteiger partial charge in [-0.25, -0.2) is 0 Å². The first-order chi connectivity index (χ1) is 10.4. The van der Waals surface area contributed by atoms with Crippen molar-refractivity contribution in [2.45, 2.75) is 80.2 Å². The first-order valence-corrected chi connectivity index (χ1v) is 8.47. The summed E-state index contributed by atoms with van der Waals surface area (Å²) in [6.07, 6.45) is 2.19. The Balaban J connectivity index is 4.89. The van der Waals surface area contributed by atoms with Crippen molar-refractivity contribution in [2.24, 2.45) is 10.8 Å². The van der Waals surface area contributed by atoms with Gasteiger partial charge in [-0.05, 0) is 11.8 Å². The minimum Gasteiger partial charge on any atom is -0.354 e. The number of hydrogen-bond acceptors (Lipinski definition) is 3. The Kier molecular flexibility index (Phi) is 8.49. The van der Waals surface area contributed by atoms with Gasteiger partial charge >= 0.3 is 0 Å². The molecule has 0 spiro atoms. The maximum atomic E-state index is 12.3. The molecular formula is C18H34N2O3. The number of rotatable bonds is 8. The average molecular weight is 326 g/mol. The van der Waals surface area contributed by atoms with Gasteiger partial charge in [0, 0.05) is 24.8 Å². The van der Waals surface area contributed by atoms with Crippen LogP contribution in [0.1, 0.15) is 74.1 Å². The summed E-state index contributed by atoms with van der Waals surface area (Å²) in [5, 5.41) is 5.53. The van der Waals surface area contributed by atoms with Gasteiger partial charge in [-0.2, -0.15) is 0 Å². The molecule has 2 amide bonds. The van der Waals surface area contributed by atoms with Crippen molar-refractivity contribution in [3.8, 4) is 0 Å². The van der Waals surface area contributed by atoms with Crippen molar-refractivity contribution in [3.63, 3.8) is 0 Å². The summed E-state index contributed by atoms with van der Waals surface area (Å²) < 4.78 is 0. The summed E-state index contributed by atoms with van der Waals surface area (Å²) >= 11 is 0. The first-order valence-electron chi connectivity index (χ1n) is 8.47. The van der Waals surface area contributed by atoms with Crippen LogP contribution in [-0.2, 0) is 14.4 Å². The molecule has 2 N–H and O–H groups in total. The van der Waals surface area contributed by atoms with Crippen LogP contribution in [0.5, 0.6) is 0 Å². The predicted octanol–water partition coefficient (Wildman–Crippen LogP) is 2.83. The SMILES string of the molecule is CCCCNC(=O)C(CC(=O)C(C)(C)C)NC(=O)CC(C)(C)C. The Morgan fingerprint density at radius 3 is 2.00 bits per heavy atom. The highest BCUT2D eigenvalue weighted by Crippen LogP contribution is 2.20. The molecule has 134 valence electrons. The largest absolute Gasteiger partial charge is 0.354 e. The Labute approximate surface area is 141 Å². The van der Waals surface area contributed by atoms with E-state index in [1.165, 1.54) is 0 Å². The molecule has 0 fully saturated rings. The number of nitrogens with one attached hydrogen (secondary N) is 2. The minimum atomic E-state index is -0.798. The topological polar surface area (TPSA) is 75.3 Å². The quantitative estimate of drug-likeness (QED) is 0.674. The smallest absolute Gasteiger partial charge is 0.243 e. The third-order valence-electron chi connectivity index (χ3n) is 3.40. The maximum Gasteiger partial charge on any atom is 0.243 e. The minimum absolute atomic E-state index is 0.0251. The van der Waals surface area contributed by atoms with Crippen LogP contribution >= 0.6 is 0 Å². The van der Waals surface area contributed by atoms with Crippen LogP contribution < -0.4 is 10.6 Å². The van der Waals surface area contributed by atoms with Crippen LogP contribution in [0.2, 0.25) is 0 Å². The van der Waals surface area contributed by atoms with E-state index in [9.17, 15) is 14.4 Å². The zero-order chi connectivity index (χ0) is 18.3. The second-order valence-corrected chi connectivity index (χ2v) is 8.38. The zero-order valence-electron chi connectivity index (χ0n) is 15.8. The van der Waals surface area contributed by atoms with E-state index in [2.05, 4.69) is 10.6 Å². The van der Waals surface area contributed by atoms with Crippen molar-refractivity contribution in [2.75, 3.05) is 6.54 Å². The molecule has 0 saturated carbocycles. The van der Waals surface area contributed by atoms with Gasteiger partial charge in [0.15, 0.2) is 0 Å². The van der Waals surface area contributed by atoms with Crippen molar-refractivity contribution in [1.29, 1.82) is 0 Å². The van der Waals surface area contributed by atoms with Crippen LogP contribution in [0.15, 0.2) is 0 Å². The molecule has 23 heavy (non-hydrogen) atoms. The number of ketones is 1. The number of carbonyl (C=O) groups excluding carboxylic acids is 3. The monoisotopic (exact) mass is 326 g/mol. The predicted molar refractivity (Wildman–Crippen MR) is 93.0 cm³/mol. The lowest BCUT2D eigenvalue weighted by Crippen LogP contribution is -2.49. The van der Waals surface area contributed by atoms with Gasteiger partial charge in [-0.15, -0.1) is 0 Å². The summed E-state index contributed by atoms with van der Waals surface area (Å²) in [6.45, 7) is 13.9. The number of unbranched alkanes of at least 4 members (excludes halogenated alkanes) is 1. The Morgan fingerprint density at radius 2 is 1.57 bits per heavy atom. The maximum absolute atomic E-state index is 12.3. The molecule has 0 aliphatic heterocycles. The first kappa shape index (κ1) is 21.6. The van der Waals surface area contributed by atoms with E-state index in [-0.39, 0.29) is 29.4 Å². The lowest BCUT2D eigenvalue weighted by molar-refractivity contribution is -0.134. The summed E-state index contributed by atoms with van der Waals surface area (Å²) in [6, 6.07) is -0.798. The van der Waals surface area contributed by atoms with E-state index in [1.807, 2.05) is 48.5 Å². The molecule has 0 radical (unpaired) electrons. The molecule has 0 heterocycles. The fourth-order valence-electron chi connectivity index (χ4n) is 1.94. The van der Waals surface area contributed by atoms with E-state index in [4.69, 9.17) is 0 Å². The van der Waals surface area contributed by atoms with E-state index in [0.717, 1.165) is 12.8 Å². The molecule has 5 heteroatoms. The van der Waals surface area contributed by atoms with Crippen LogP contribution in [0.3, 0.4) is 0 Å². The molecule has 0 rings (SSSR count). The molecule has 5 nitrogen and oxygen atoms in total. The van der Waals surface area contributed by atoms with E-state index in [1.54, 1.807) is 0 Å². The van der Waals surface area contributed by atoms with Crippen LogP contribution in [0, 0.1) is 10.8 Å². The van der Waals surface area contributed by atoms with Gasteiger partial charge < -0.3 is 10.6 Å². The normalized spacial score (nSPS) is 13.3. The third-order valence-corrected chi connectivity index (χ3v) is 3.40. The van der Waals surface area contributed by atoms with Crippen molar-refractivity contribution >= 4 is 17.6 Å². The lowest BCUT2D eigenvalue weighted by Gasteiger charge is -2.24. The standard InChI is InChI=1S/C18H34N2O3/c1-8-9-10-19-16(23)13(11-14(21)18(5,6)7)20-15(22)12-17(2,3)4/h13H,8-12H2,1-7H3,(H,19,23)(H,20,22). The molecule has 0 aromatic rings. The molecule has 0 aliphatic carbocycles. The highest BCUT2D eigenvalue weighted by Gasteiger charge is 2.30. The van der Waals surface area contributed by atoms with Crippen molar-refractivity contribution < 1.29 is 14.4 Å². The highest BCUT2D eigenvalue weighted by molar-refractivity contribution is 5.94. The molecule has 0 saturated heterocycles. The van der Waals surface area contributed by atoms with Crippen LogP contribution in [0.4, 0.5) is 0 Å². The lowest BCUT2D eigenvalue weighted by atomic mass is 9.86. The Bertz CT molecular complexity index is 417. The summed E-state index contributed by atoms with van der Waals surface area (Å²) in [5.74, 6) is -0.516. The van der Waals surface area contributed by atoms with Gasteiger partial charge in [0.1, 0.15) is 11.8 Å². The van der Waals surface area contributed by atoms with Gasteiger partial charge in [0.25, 0.3) is 0 Å². The molecule has 0 bridgehead atoms. The molecule has 0 aromatic carbocycles. The Hall–Kier alpha value is -1.39. The second-order valence-electron chi connectivity index (χ2n) is 8.38. The molecule has 1 unspecified atom stereocenters. The fourth-order valence-corrected chi connectivity index (χ4v) is 1.94. The van der Waals surface area contributed by atoms with Gasteiger partial charge in [0.05, 0.1) is 0 Å². The highest BCUT2D eigenvalue weighted by atomic mass is 16.2. The van der Waals surface area contributed by atoms with Crippen molar-refractivity contribution in [3.05, 3.63) is 0 Å². The van der Waals surface area contributed by atoms with E-state index >= 15 is 0 Å². The average Bonchev–Trinajstić information content (AvgIpc) is 2.34. The molecule has 0 aliphatic rings. The van der Waals surface area contributed by atoms with Crippen molar-refractivity contribution in [1.82, 2.24) is 10.6 Å². The van der Waals surface area contributed by atoms with E-state index in [0.29, 0.717) is 13.0 Å². The second kappa shape index (κ2) is 9.04. The molecule has 0 aromatic heterocycles. The Morgan fingerprint density at radius 1 is 1.00 bits per heavy atom. The number of Topliss-reactive ketones (excluding diaryl/α,β-unsaturated/α-hetero) is 1. The zero-order valence-corrected chi connectivity index (χ0v) is 15.8. The number of amides is 2. The number of hydrogen-bond donors (Lipinski definition) is 2. The summed E-state index contributed by atoms with van der Waals surface area (Å²) in [5.41, 5.74) is -0.696. The van der Waals surface area contributed by atoms with Gasteiger partial charge in [0.2, 0.25) is 11.8 Å². The van der Waals surface area contributed by atoms with Gasteiger partial charge in [-0.3, -0.25) is 14.4 Å². The summed E-state index contributed by atoms with van der Waals surface area (Å²) in [7, 11) is 0. The molecule has 1 atom stereocenters. The fraction of sp³-hybridized carbons (Fsp3) is 0.833. The molecular weight excluding hydrogens is 292 g/mol. The van der Waals surface area contributed by atoms with Crippen LogP contribution in [0.25, 0.3) is 0 Å². The summed E-state index contributed by atoms with van der Waals surface area (Å²) in [4.78, 5) is 36.7. The van der Waals surface area contributed by atoms with Crippen LogP contribution in [-0.4, -0.2) is 30.2 Å². The number of carbonyl (C=O) groups is 3.